The van der Waals surface area contributed by atoms with Crippen molar-refractivity contribution in [2.75, 3.05) is 0 Å². The third-order valence-electron chi connectivity index (χ3n) is 3.27. The van der Waals surface area contributed by atoms with E-state index in [0.717, 1.165) is 0 Å². The number of halogens is 3. The summed E-state index contributed by atoms with van der Waals surface area (Å²) in [5, 5.41) is 10.9. The summed E-state index contributed by atoms with van der Waals surface area (Å²) in [4.78, 5) is 22.6. The van der Waals surface area contributed by atoms with Gasteiger partial charge in [-0.15, -0.1) is 0 Å². The standard InChI is InChI=1S/C13H12F3NO3/c14-13(15,16)12(5-6-12)17-10(18)7-8-3-1-2-4-9(8)11(19)20/h1-4H,5-7H2,(H,17,18)(H,19,20). The SMILES string of the molecule is O=C(Cc1ccccc1C(=O)O)NC1(C(F)(F)F)CC1. The summed E-state index contributed by atoms with van der Waals surface area (Å²) in [7, 11) is 0. The molecule has 0 bridgehead atoms. The molecule has 1 aliphatic carbocycles. The van der Waals surface area contributed by atoms with Crippen molar-refractivity contribution in [1.29, 1.82) is 0 Å². The second-order valence-electron chi connectivity index (χ2n) is 4.77. The van der Waals surface area contributed by atoms with Crippen LogP contribution in [0.3, 0.4) is 0 Å². The number of nitrogens with one attached hydrogen (secondary N) is 1. The molecule has 0 unspecified atom stereocenters. The number of benzene rings is 1. The number of carbonyl (C=O) groups excluding carboxylic acids is 1. The summed E-state index contributed by atoms with van der Waals surface area (Å²) in [6.45, 7) is 0. The molecule has 1 aromatic carbocycles. The van der Waals surface area contributed by atoms with Crippen LogP contribution in [0.15, 0.2) is 24.3 Å². The molecule has 1 amide bonds. The van der Waals surface area contributed by atoms with Crippen molar-refractivity contribution in [3.8, 4) is 0 Å². The number of carboxylic acids is 1. The summed E-state index contributed by atoms with van der Waals surface area (Å²) in [5.41, 5.74) is -2.02. The maximum atomic E-state index is 12.7. The molecule has 0 radical (unpaired) electrons. The van der Waals surface area contributed by atoms with Gasteiger partial charge in [0.15, 0.2) is 0 Å². The summed E-state index contributed by atoms with van der Waals surface area (Å²) >= 11 is 0. The predicted octanol–water partition coefficient (Wildman–Crippen LogP) is 2.14. The van der Waals surface area contributed by atoms with Crippen molar-refractivity contribution in [3.63, 3.8) is 0 Å². The number of carbonyl (C=O) groups is 2. The number of hydrogen-bond donors (Lipinski definition) is 2. The normalized spacial score (nSPS) is 16.6. The average molecular weight is 287 g/mol. The van der Waals surface area contributed by atoms with Crippen molar-refractivity contribution < 1.29 is 27.9 Å². The Kier molecular flexibility index (Phi) is 3.45. The zero-order valence-electron chi connectivity index (χ0n) is 10.3. The zero-order chi connectivity index (χ0) is 15.0. The average Bonchev–Trinajstić information content (AvgIpc) is 3.09. The molecule has 0 heterocycles. The highest BCUT2D eigenvalue weighted by molar-refractivity contribution is 5.91. The number of alkyl halides is 3. The van der Waals surface area contributed by atoms with Gasteiger partial charge in [-0.1, -0.05) is 18.2 Å². The van der Waals surface area contributed by atoms with Crippen LogP contribution < -0.4 is 5.32 Å². The fourth-order valence-electron chi connectivity index (χ4n) is 1.97. The lowest BCUT2D eigenvalue weighted by molar-refractivity contribution is -0.170. The van der Waals surface area contributed by atoms with Crippen LogP contribution in [0.25, 0.3) is 0 Å². The molecular formula is C13H12F3NO3. The molecule has 1 aromatic rings. The van der Waals surface area contributed by atoms with Crippen LogP contribution in [0, 0.1) is 0 Å². The quantitative estimate of drug-likeness (QED) is 0.891. The Bertz CT molecular complexity index is 550. The van der Waals surface area contributed by atoms with Gasteiger partial charge in [-0.3, -0.25) is 4.79 Å². The van der Waals surface area contributed by atoms with Crippen LogP contribution in [0.4, 0.5) is 13.2 Å². The molecule has 108 valence electrons. The second kappa shape index (κ2) is 4.81. The van der Waals surface area contributed by atoms with E-state index in [2.05, 4.69) is 0 Å². The lowest BCUT2D eigenvalue weighted by Crippen LogP contribution is -2.48. The number of carboxylic acid groups (broad SMARTS) is 1. The molecule has 0 saturated heterocycles. The van der Waals surface area contributed by atoms with Gasteiger partial charge in [-0.05, 0) is 24.5 Å². The minimum Gasteiger partial charge on any atom is -0.478 e. The number of amides is 1. The van der Waals surface area contributed by atoms with Crippen molar-refractivity contribution >= 4 is 11.9 Å². The first kappa shape index (κ1) is 14.4. The lowest BCUT2D eigenvalue weighted by Gasteiger charge is -2.20. The Balaban J connectivity index is 2.08. The van der Waals surface area contributed by atoms with Crippen LogP contribution in [0.2, 0.25) is 0 Å². The van der Waals surface area contributed by atoms with Gasteiger partial charge in [0.25, 0.3) is 0 Å². The van der Waals surface area contributed by atoms with E-state index in [-0.39, 0.29) is 30.4 Å². The topological polar surface area (TPSA) is 66.4 Å². The molecule has 2 rings (SSSR count). The van der Waals surface area contributed by atoms with Gasteiger partial charge in [0.1, 0.15) is 5.54 Å². The van der Waals surface area contributed by atoms with E-state index in [1.165, 1.54) is 24.3 Å². The first-order valence-electron chi connectivity index (χ1n) is 5.94. The predicted molar refractivity (Wildman–Crippen MR) is 63.3 cm³/mol. The fourth-order valence-corrected chi connectivity index (χ4v) is 1.97. The molecule has 0 aromatic heterocycles. The Hall–Kier alpha value is -2.05. The summed E-state index contributed by atoms with van der Waals surface area (Å²) in [6, 6.07) is 5.74. The summed E-state index contributed by atoms with van der Waals surface area (Å²) < 4.78 is 38.1. The van der Waals surface area contributed by atoms with Crippen molar-refractivity contribution in [2.45, 2.75) is 31.0 Å². The summed E-state index contributed by atoms with van der Waals surface area (Å²) in [5.74, 6) is -2.04. The van der Waals surface area contributed by atoms with Gasteiger partial charge >= 0.3 is 12.1 Å². The molecular weight excluding hydrogens is 275 g/mol. The monoisotopic (exact) mass is 287 g/mol. The molecule has 0 atom stereocenters. The first-order chi connectivity index (χ1) is 9.25. The molecule has 4 nitrogen and oxygen atoms in total. The maximum Gasteiger partial charge on any atom is 0.411 e. The van der Waals surface area contributed by atoms with Gasteiger partial charge in [0.05, 0.1) is 12.0 Å². The van der Waals surface area contributed by atoms with E-state index in [1.807, 2.05) is 5.32 Å². The van der Waals surface area contributed by atoms with Crippen molar-refractivity contribution in [1.82, 2.24) is 5.32 Å². The molecule has 0 spiro atoms. The van der Waals surface area contributed by atoms with Gasteiger partial charge in [-0.25, -0.2) is 4.79 Å². The highest BCUT2D eigenvalue weighted by Gasteiger charge is 2.64. The Morgan fingerprint density at radius 1 is 1.25 bits per heavy atom. The Morgan fingerprint density at radius 2 is 1.85 bits per heavy atom. The minimum absolute atomic E-state index is 0.0838. The number of aromatic carboxylic acids is 1. The third kappa shape index (κ3) is 2.76. The molecule has 1 saturated carbocycles. The molecule has 2 N–H and O–H groups in total. The van der Waals surface area contributed by atoms with E-state index in [1.54, 1.807) is 0 Å². The molecule has 1 aliphatic rings. The van der Waals surface area contributed by atoms with Crippen molar-refractivity contribution in [2.24, 2.45) is 0 Å². The first-order valence-corrected chi connectivity index (χ1v) is 5.94. The van der Waals surface area contributed by atoms with E-state index in [0.29, 0.717) is 0 Å². The van der Waals surface area contributed by atoms with Crippen LogP contribution >= 0.6 is 0 Å². The van der Waals surface area contributed by atoms with Gasteiger partial charge in [0, 0.05) is 0 Å². The molecule has 1 fully saturated rings. The van der Waals surface area contributed by atoms with E-state index in [9.17, 15) is 22.8 Å². The van der Waals surface area contributed by atoms with Crippen LogP contribution in [-0.4, -0.2) is 28.7 Å². The van der Waals surface area contributed by atoms with Crippen LogP contribution in [0.5, 0.6) is 0 Å². The maximum absolute atomic E-state index is 12.7. The van der Waals surface area contributed by atoms with Crippen LogP contribution in [0.1, 0.15) is 28.8 Å². The number of hydrogen-bond acceptors (Lipinski definition) is 2. The highest BCUT2D eigenvalue weighted by Crippen LogP contribution is 2.48. The third-order valence-corrected chi connectivity index (χ3v) is 3.27. The fraction of sp³-hybridized carbons (Fsp3) is 0.385. The molecule has 7 heteroatoms. The van der Waals surface area contributed by atoms with Gasteiger partial charge in [-0.2, -0.15) is 13.2 Å². The Morgan fingerprint density at radius 3 is 2.35 bits per heavy atom. The molecule has 20 heavy (non-hydrogen) atoms. The van der Waals surface area contributed by atoms with E-state index < -0.39 is 23.6 Å². The second-order valence-corrected chi connectivity index (χ2v) is 4.77. The van der Waals surface area contributed by atoms with E-state index >= 15 is 0 Å². The smallest absolute Gasteiger partial charge is 0.411 e. The minimum atomic E-state index is -4.48. The van der Waals surface area contributed by atoms with Gasteiger partial charge in [0.2, 0.25) is 5.91 Å². The number of rotatable bonds is 4. The van der Waals surface area contributed by atoms with Crippen LogP contribution in [-0.2, 0) is 11.2 Å². The Labute approximate surface area is 112 Å². The van der Waals surface area contributed by atoms with Crippen molar-refractivity contribution in [3.05, 3.63) is 35.4 Å². The molecule has 0 aliphatic heterocycles. The van der Waals surface area contributed by atoms with Gasteiger partial charge < -0.3 is 10.4 Å². The zero-order valence-corrected chi connectivity index (χ0v) is 10.3. The lowest BCUT2D eigenvalue weighted by atomic mass is 10.0. The van der Waals surface area contributed by atoms with E-state index in [4.69, 9.17) is 5.11 Å². The largest absolute Gasteiger partial charge is 0.478 e. The highest BCUT2D eigenvalue weighted by atomic mass is 19.4. The summed E-state index contributed by atoms with van der Waals surface area (Å²) in [6.07, 6.45) is -5.14.